The number of aromatic nitrogens is 2. The molecule has 4 rings (SSSR count). The van der Waals surface area contributed by atoms with Crippen molar-refractivity contribution < 1.29 is 0 Å². The Hall–Kier alpha value is -1.72. The summed E-state index contributed by atoms with van der Waals surface area (Å²) in [5, 5.41) is 6.30. The van der Waals surface area contributed by atoms with Gasteiger partial charge in [0.05, 0.1) is 10.7 Å². The summed E-state index contributed by atoms with van der Waals surface area (Å²) < 4.78 is 0. The van der Waals surface area contributed by atoms with Crippen molar-refractivity contribution in [3.8, 4) is 11.3 Å². The van der Waals surface area contributed by atoms with E-state index in [0.29, 0.717) is 12.5 Å². The molecule has 0 aliphatic carbocycles. The van der Waals surface area contributed by atoms with Crippen molar-refractivity contribution in [2.24, 2.45) is 10.7 Å². The average molecular weight is 541 g/mol. The van der Waals surface area contributed by atoms with E-state index in [1.165, 1.54) is 5.56 Å². The van der Waals surface area contributed by atoms with Crippen LogP contribution in [-0.2, 0) is 6.42 Å². The van der Waals surface area contributed by atoms with Gasteiger partial charge in [0.1, 0.15) is 0 Å². The number of rotatable bonds is 5. The molecule has 1 aliphatic rings. The van der Waals surface area contributed by atoms with Crippen molar-refractivity contribution in [3.05, 3.63) is 51.8 Å². The Morgan fingerprint density at radius 2 is 1.90 bits per heavy atom. The summed E-state index contributed by atoms with van der Waals surface area (Å²) in [5.74, 6) is 0.647. The first kappa shape index (κ1) is 22.0. The first-order valence-electron chi connectivity index (χ1n) is 9.40. The molecule has 9 heteroatoms. The van der Waals surface area contributed by atoms with Crippen molar-refractivity contribution in [3.63, 3.8) is 0 Å². The van der Waals surface area contributed by atoms with Crippen LogP contribution in [0.2, 0.25) is 0 Å². The number of aryl methyl sites for hydroxylation is 1. The topological polar surface area (TPSA) is 70.6 Å². The second-order valence-electron chi connectivity index (χ2n) is 6.73. The molecule has 1 saturated heterocycles. The highest BCUT2D eigenvalue weighted by Gasteiger charge is 2.19. The number of thiazole rings is 2. The minimum atomic E-state index is 0. The van der Waals surface area contributed by atoms with Crippen molar-refractivity contribution in [1.82, 2.24) is 14.9 Å². The molecule has 1 fully saturated rings. The molecule has 6 nitrogen and oxygen atoms in total. The van der Waals surface area contributed by atoms with Crippen LogP contribution in [0.5, 0.6) is 0 Å². The lowest BCUT2D eigenvalue weighted by Gasteiger charge is -2.35. The Balaban J connectivity index is 0.00000240. The van der Waals surface area contributed by atoms with Gasteiger partial charge in [-0.15, -0.1) is 46.7 Å². The molecular formula is C20H25IN6S2. The monoisotopic (exact) mass is 540 g/mol. The average Bonchev–Trinajstić information content (AvgIpc) is 3.41. The minimum absolute atomic E-state index is 0. The molecule has 0 radical (unpaired) electrons. The van der Waals surface area contributed by atoms with Crippen LogP contribution >= 0.6 is 46.7 Å². The number of benzene rings is 1. The number of hydrogen-bond acceptors (Lipinski definition) is 6. The number of piperazine rings is 1. The Morgan fingerprint density at radius 1 is 1.14 bits per heavy atom. The molecule has 0 saturated carbocycles. The van der Waals surface area contributed by atoms with Gasteiger partial charge < -0.3 is 15.5 Å². The zero-order valence-corrected chi connectivity index (χ0v) is 20.3. The normalized spacial score (nSPS) is 14.7. The molecule has 0 bridgehead atoms. The molecule has 154 valence electrons. The van der Waals surface area contributed by atoms with Gasteiger partial charge in [0.25, 0.3) is 0 Å². The van der Waals surface area contributed by atoms with E-state index in [4.69, 9.17) is 5.73 Å². The highest BCUT2D eigenvalue weighted by molar-refractivity contribution is 14.0. The smallest absolute Gasteiger partial charge is 0.191 e. The van der Waals surface area contributed by atoms with Gasteiger partial charge in [0.15, 0.2) is 11.1 Å². The maximum absolute atomic E-state index is 6.22. The molecule has 3 aromatic rings. The van der Waals surface area contributed by atoms with E-state index in [9.17, 15) is 0 Å². The van der Waals surface area contributed by atoms with E-state index in [-0.39, 0.29) is 24.0 Å². The first-order chi connectivity index (χ1) is 13.7. The van der Waals surface area contributed by atoms with Crippen LogP contribution in [-0.4, -0.2) is 53.6 Å². The lowest BCUT2D eigenvalue weighted by atomic mass is 10.1. The maximum atomic E-state index is 6.22. The van der Waals surface area contributed by atoms with E-state index in [1.807, 2.05) is 18.5 Å². The lowest BCUT2D eigenvalue weighted by molar-refractivity contribution is 0.380. The highest BCUT2D eigenvalue weighted by Crippen LogP contribution is 2.22. The molecule has 2 aromatic heterocycles. The summed E-state index contributed by atoms with van der Waals surface area (Å²) in [4.78, 5) is 18.0. The Kier molecular flexibility index (Phi) is 7.84. The SMILES string of the molecule is Cc1nc(-c2ccc(CCN=C(N)N3CCN(c4nccs4)CC3)cc2)cs1.I. The number of aliphatic imine (C=N–C) groups is 1. The Bertz CT molecular complexity index is 915. The van der Waals surface area contributed by atoms with Crippen molar-refractivity contribution in [1.29, 1.82) is 0 Å². The Morgan fingerprint density at radius 3 is 2.52 bits per heavy atom. The summed E-state index contributed by atoms with van der Waals surface area (Å²) in [6.45, 7) is 6.37. The fraction of sp³-hybridized carbons (Fsp3) is 0.350. The van der Waals surface area contributed by atoms with Crippen LogP contribution in [0.25, 0.3) is 11.3 Å². The van der Waals surface area contributed by atoms with Gasteiger partial charge in [0.2, 0.25) is 0 Å². The maximum Gasteiger partial charge on any atom is 0.191 e. The molecule has 29 heavy (non-hydrogen) atoms. The number of hydrogen-bond donors (Lipinski definition) is 1. The van der Waals surface area contributed by atoms with E-state index >= 15 is 0 Å². The molecular weight excluding hydrogens is 515 g/mol. The molecule has 0 amide bonds. The molecule has 0 spiro atoms. The van der Waals surface area contributed by atoms with E-state index < -0.39 is 0 Å². The van der Waals surface area contributed by atoms with Gasteiger partial charge in [-0.1, -0.05) is 24.3 Å². The van der Waals surface area contributed by atoms with E-state index in [0.717, 1.165) is 54.0 Å². The van der Waals surface area contributed by atoms with E-state index in [2.05, 4.69) is 54.4 Å². The van der Waals surface area contributed by atoms with Crippen LogP contribution in [0.15, 0.2) is 46.2 Å². The van der Waals surface area contributed by atoms with Gasteiger partial charge in [0, 0.05) is 55.2 Å². The quantitative estimate of drug-likeness (QED) is 0.302. The standard InChI is InChI=1S/C20H24N6S2.HI/c1-15-24-18(14-28-15)17-4-2-16(3-5-17)6-7-22-19(21)25-9-11-26(12-10-25)20-23-8-13-27-20;/h2-5,8,13-14H,6-7,9-12H2,1H3,(H2,21,22);1H. The summed E-state index contributed by atoms with van der Waals surface area (Å²) >= 11 is 3.36. The second kappa shape index (κ2) is 10.4. The first-order valence-corrected chi connectivity index (χ1v) is 11.2. The fourth-order valence-electron chi connectivity index (χ4n) is 3.24. The fourth-order valence-corrected chi connectivity index (χ4v) is 4.56. The summed E-state index contributed by atoms with van der Waals surface area (Å²) in [7, 11) is 0. The van der Waals surface area contributed by atoms with Crippen LogP contribution in [0.1, 0.15) is 10.6 Å². The predicted molar refractivity (Wildman–Crippen MR) is 134 cm³/mol. The number of nitrogens with zero attached hydrogens (tertiary/aromatic N) is 5. The molecule has 3 heterocycles. The van der Waals surface area contributed by atoms with Gasteiger partial charge in [-0.2, -0.15) is 0 Å². The number of nitrogens with two attached hydrogens (primary N) is 1. The molecule has 2 N–H and O–H groups in total. The van der Waals surface area contributed by atoms with Crippen molar-refractivity contribution >= 4 is 57.7 Å². The second-order valence-corrected chi connectivity index (χ2v) is 8.66. The molecule has 1 aliphatic heterocycles. The predicted octanol–water partition coefficient (Wildman–Crippen LogP) is 3.87. The van der Waals surface area contributed by atoms with Gasteiger partial charge in [-0.25, -0.2) is 9.97 Å². The zero-order chi connectivity index (χ0) is 19.3. The van der Waals surface area contributed by atoms with Crippen molar-refractivity contribution in [2.75, 3.05) is 37.6 Å². The third-order valence-corrected chi connectivity index (χ3v) is 6.44. The van der Waals surface area contributed by atoms with Crippen LogP contribution in [0.3, 0.4) is 0 Å². The molecule has 0 atom stereocenters. The van der Waals surface area contributed by atoms with Crippen molar-refractivity contribution in [2.45, 2.75) is 13.3 Å². The summed E-state index contributed by atoms with van der Waals surface area (Å²) in [6, 6.07) is 8.58. The van der Waals surface area contributed by atoms with Gasteiger partial charge >= 0.3 is 0 Å². The summed E-state index contributed by atoms with van der Waals surface area (Å²) in [5.41, 5.74) is 9.69. The third kappa shape index (κ3) is 5.67. The highest BCUT2D eigenvalue weighted by atomic mass is 127. The summed E-state index contributed by atoms with van der Waals surface area (Å²) in [6.07, 6.45) is 2.74. The number of halogens is 1. The van der Waals surface area contributed by atoms with Gasteiger partial charge in [-0.05, 0) is 18.9 Å². The lowest BCUT2D eigenvalue weighted by Crippen LogP contribution is -2.51. The van der Waals surface area contributed by atoms with Crippen LogP contribution in [0, 0.1) is 6.92 Å². The molecule has 0 unspecified atom stereocenters. The molecule has 1 aromatic carbocycles. The van der Waals surface area contributed by atoms with Crippen LogP contribution in [0.4, 0.5) is 5.13 Å². The zero-order valence-electron chi connectivity index (χ0n) is 16.3. The third-order valence-electron chi connectivity index (χ3n) is 4.84. The van der Waals surface area contributed by atoms with Crippen LogP contribution < -0.4 is 10.6 Å². The Labute approximate surface area is 196 Å². The van der Waals surface area contributed by atoms with E-state index in [1.54, 1.807) is 22.7 Å². The number of guanidine groups is 1. The minimum Gasteiger partial charge on any atom is -0.370 e. The largest absolute Gasteiger partial charge is 0.370 e. The van der Waals surface area contributed by atoms with Gasteiger partial charge in [-0.3, -0.25) is 4.99 Å². The number of anilines is 1.